The van der Waals surface area contributed by atoms with Gasteiger partial charge in [0.15, 0.2) is 5.69 Å². The Morgan fingerprint density at radius 3 is 2.54 bits per heavy atom. The Bertz CT molecular complexity index is 1270. The molecule has 37 heavy (non-hydrogen) atoms. The second kappa shape index (κ2) is 11.2. The summed E-state index contributed by atoms with van der Waals surface area (Å²) in [5.41, 5.74) is 6.90. The lowest BCUT2D eigenvalue weighted by molar-refractivity contribution is 0.0945. The number of hydrogen-bond donors (Lipinski definition) is 3. The summed E-state index contributed by atoms with van der Waals surface area (Å²) in [6.45, 7) is 4.26. The van der Waals surface area contributed by atoms with Crippen molar-refractivity contribution in [1.82, 2.24) is 25.1 Å². The molecule has 0 aliphatic carbocycles. The number of carbonyl (C=O) groups is 1. The molecule has 1 aromatic heterocycles. The van der Waals surface area contributed by atoms with E-state index in [1.165, 1.54) is 25.0 Å². The van der Waals surface area contributed by atoms with Gasteiger partial charge in [-0.1, -0.05) is 42.5 Å². The maximum absolute atomic E-state index is 13.2. The summed E-state index contributed by atoms with van der Waals surface area (Å²) in [7, 11) is 0. The van der Waals surface area contributed by atoms with Crippen molar-refractivity contribution < 1.29 is 9.18 Å². The number of anilines is 1. The Labute approximate surface area is 215 Å². The predicted octanol–water partition coefficient (Wildman–Crippen LogP) is 3.07. The van der Waals surface area contributed by atoms with Crippen LogP contribution in [0.15, 0.2) is 59.4 Å². The number of nitrogen functional groups attached to an aromatic ring is 1. The maximum Gasteiger partial charge on any atom is 0.274 e. The van der Waals surface area contributed by atoms with Crippen LogP contribution < -0.4 is 16.6 Å². The van der Waals surface area contributed by atoms with Crippen molar-refractivity contribution in [3.63, 3.8) is 0 Å². The van der Waals surface area contributed by atoms with E-state index < -0.39 is 11.5 Å². The minimum atomic E-state index is -0.545. The van der Waals surface area contributed by atoms with Crippen LogP contribution in [0.2, 0.25) is 0 Å². The summed E-state index contributed by atoms with van der Waals surface area (Å²) < 4.78 is 13.2. The van der Waals surface area contributed by atoms with E-state index in [2.05, 4.69) is 25.1 Å². The SMILES string of the molecule is Nc1c(C(=O)NCc2ccc(F)cc2)nc(C(c2ccccc2)N2CCC[C@H]2CN2CCCC2)[nH]c1=O. The lowest BCUT2D eigenvalue weighted by atomic mass is 10.0. The number of carbonyl (C=O) groups excluding carboxylic acids is 1. The van der Waals surface area contributed by atoms with Gasteiger partial charge in [-0.05, 0) is 68.6 Å². The lowest BCUT2D eigenvalue weighted by Gasteiger charge is -2.35. The summed E-state index contributed by atoms with van der Waals surface area (Å²) in [6, 6.07) is 15.8. The average Bonchev–Trinajstić information content (AvgIpc) is 3.59. The molecule has 2 saturated heterocycles. The number of amides is 1. The van der Waals surface area contributed by atoms with Crippen LogP contribution in [-0.4, -0.2) is 57.9 Å². The topological polar surface area (TPSA) is 107 Å². The van der Waals surface area contributed by atoms with Crippen molar-refractivity contribution in [1.29, 1.82) is 0 Å². The van der Waals surface area contributed by atoms with Gasteiger partial charge < -0.3 is 20.9 Å². The number of likely N-dealkylation sites (tertiary alicyclic amines) is 2. The summed E-state index contributed by atoms with van der Waals surface area (Å²) >= 11 is 0. The average molecular weight is 505 g/mol. The molecule has 1 unspecified atom stereocenters. The minimum absolute atomic E-state index is 0.0999. The fourth-order valence-corrected chi connectivity index (χ4v) is 5.47. The van der Waals surface area contributed by atoms with Crippen LogP contribution in [0.4, 0.5) is 10.1 Å². The van der Waals surface area contributed by atoms with Gasteiger partial charge >= 0.3 is 0 Å². The molecule has 0 radical (unpaired) electrons. The molecule has 0 bridgehead atoms. The van der Waals surface area contributed by atoms with Gasteiger partial charge in [0.1, 0.15) is 17.3 Å². The Kier molecular flexibility index (Phi) is 7.62. The number of nitrogens with one attached hydrogen (secondary N) is 2. The standard InChI is InChI=1S/C28H33FN6O2/c29-21-12-10-19(11-13-21)17-31-28(37)24-23(30)27(36)33-26(32-24)25(20-7-2-1-3-8-20)35-16-6-9-22(35)18-34-14-4-5-15-34/h1-3,7-8,10-13,22,25H,4-6,9,14-18,30H2,(H,31,37)(H,32,33,36)/t22-,25?/m0/s1. The van der Waals surface area contributed by atoms with Crippen LogP contribution in [-0.2, 0) is 6.54 Å². The first-order valence-corrected chi connectivity index (χ1v) is 12.9. The van der Waals surface area contributed by atoms with Crippen LogP contribution >= 0.6 is 0 Å². The molecule has 5 rings (SSSR count). The zero-order valence-corrected chi connectivity index (χ0v) is 20.8. The predicted molar refractivity (Wildman–Crippen MR) is 141 cm³/mol. The molecule has 9 heteroatoms. The largest absolute Gasteiger partial charge is 0.392 e. The highest BCUT2D eigenvalue weighted by atomic mass is 19.1. The molecule has 8 nitrogen and oxygen atoms in total. The first-order chi connectivity index (χ1) is 18.0. The number of benzene rings is 2. The van der Waals surface area contributed by atoms with Gasteiger partial charge in [-0.15, -0.1) is 0 Å². The fourth-order valence-electron chi connectivity index (χ4n) is 5.47. The van der Waals surface area contributed by atoms with Gasteiger partial charge in [-0.25, -0.2) is 9.37 Å². The third kappa shape index (κ3) is 5.73. The number of aromatic amines is 1. The summed E-state index contributed by atoms with van der Waals surface area (Å²) in [4.78, 5) is 38.4. The molecule has 194 valence electrons. The van der Waals surface area contributed by atoms with E-state index in [0.29, 0.717) is 11.9 Å². The molecule has 0 saturated carbocycles. The number of halogens is 1. The van der Waals surface area contributed by atoms with Gasteiger partial charge in [0.2, 0.25) is 0 Å². The summed E-state index contributed by atoms with van der Waals surface area (Å²) in [5, 5.41) is 2.76. The van der Waals surface area contributed by atoms with E-state index >= 15 is 0 Å². The van der Waals surface area contributed by atoms with Gasteiger partial charge in [0.05, 0.1) is 6.04 Å². The van der Waals surface area contributed by atoms with Crippen molar-refractivity contribution >= 4 is 11.6 Å². The quantitative estimate of drug-likeness (QED) is 0.435. The van der Waals surface area contributed by atoms with Crippen molar-refractivity contribution in [2.75, 3.05) is 31.9 Å². The van der Waals surface area contributed by atoms with E-state index in [1.54, 1.807) is 12.1 Å². The van der Waals surface area contributed by atoms with Crippen LogP contribution in [0.5, 0.6) is 0 Å². The Balaban J connectivity index is 1.45. The van der Waals surface area contributed by atoms with Crippen LogP contribution in [0.1, 0.15) is 59.2 Å². The molecule has 0 spiro atoms. The first-order valence-electron chi connectivity index (χ1n) is 12.9. The highest BCUT2D eigenvalue weighted by Crippen LogP contribution is 2.34. The van der Waals surface area contributed by atoms with E-state index in [0.717, 1.165) is 50.1 Å². The summed E-state index contributed by atoms with van der Waals surface area (Å²) in [6.07, 6.45) is 4.60. The van der Waals surface area contributed by atoms with Crippen molar-refractivity contribution in [2.24, 2.45) is 0 Å². The molecule has 2 fully saturated rings. The number of nitrogens with zero attached hydrogens (tertiary/aromatic N) is 3. The van der Waals surface area contributed by atoms with Crippen molar-refractivity contribution in [2.45, 2.75) is 44.3 Å². The zero-order valence-electron chi connectivity index (χ0n) is 20.8. The third-order valence-electron chi connectivity index (χ3n) is 7.35. The van der Waals surface area contributed by atoms with E-state index in [-0.39, 0.29) is 29.8 Å². The third-order valence-corrected chi connectivity index (χ3v) is 7.35. The molecule has 2 aliphatic heterocycles. The van der Waals surface area contributed by atoms with E-state index in [9.17, 15) is 14.0 Å². The molecule has 4 N–H and O–H groups in total. The Morgan fingerprint density at radius 1 is 1.08 bits per heavy atom. The Hall–Kier alpha value is -3.56. The lowest BCUT2D eigenvalue weighted by Crippen LogP contribution is -2.42. The molecule has 2 aromatic carbocycles. The van der Waals surface area contributed by atoms with E-state index in [1.807, 2.05) is 30.3 Å². The van der Waals surface area contributed by atoms with Crippen molar-refractivity contribution in [3.8, 4) is 0 Å². The van der Waals surface area contributed by atoms with Crippen LogP contribution in [0, 0.1) is 5.82 Å². The molecular weight excluding hydrogens is 471 g/mol. The van der Waals surface area contributed by atoms with Gasteiger partial charge in [0.25, 0.3) is 11.5 Å². The Morgan fingerprint density at radius 2 is 1.81 bits per heavy atom. The maximum atomic E-state index is 13.2. The number of aromatic nitrogens is 2. The van der Waals surface area contributed by atoms with Gasteiger partial charge in [-0.2, -0.15) is 0 Å². The normalized spacial score (nSPS) is 19.2. The van der Waals surface area contributed by atoms with Gasteiger partial charge in [-0.3, -0.25) is 14.5 Å². The zero-order chi connectivity index (χ0) is 25.8. The highest BCUT2D eigenvalue weighted by Gasteiger charge is 2.36. The second-order valence-corrected chi connectivity index (χ2v) is 9.88. The number of H-pyrrole nitrogens is 1. The fraction of sp³-hybridized carbons (Fsp3) is 0.393. The molecule has 3 heterocycles. The molecular formula is C28H33FN6O2. The molecule has 2 atom stereocenters. The number of rotatable bonds is 8. The van der Waals surface area contributed by atoms with Crippen molar-refractivity contribution in [3.05, 3.63) is 93.4 Å². The highest BCUT2D eigenvalue weighted by molar-refractivity contribution is 5.96. The smallest absolute Gasteiger partial charge is 0.274 e. The number of nitrogens with two attached hydrogens (primary N) is 1. The summed E-state index contributed by atoms with van der Waals surface area (Å²) in [5.74, 6) is -0.487. The molecule has 1 amide bonds. The van der Waals surface area contributed by atoms with Crippen LogP contribution in [0.3, 0.4) is 0 Å². The second-order valence-electron chi connectivity index (χ2n) is 9.88. The molecule has 2 aliphatic rings. The number of hydrogen-bond acceptors (Lipinski definition) is 6. The first kappa shape index (κ1) is 25.1. The van der Waals surface area contributed by atoms with E-state index in [4.69, 9.17) is 5.73 Å². The minimum Gasteiger partial charge on any atom is -0.392 e. The monoisotopic (exact) mass is 504 g/mol. The van der Waals surface area contributed by atoms with Crippen LogP contribution in [0.25, 0.3) is 0 Å². The van der Waals surface area contributed by atoms with Gasteiger partial charge in [0, 0.05) is 19.1 Å². The molecule has 3 aromatic rings.